The zero-order chi connectivity index (χ0) is 27.3. The quantitative estimate of drug-likeness (QED) is 0.291. The summed E-state index contributed by atoms with van der Waals surface area (Å²) in [4.78, 5) is 44.9. The number of morpholine rings is 1. The Morgan fingerprint density at radius 2 is 1.93 bits per heavy atom. The van der Waals surface area contributed by atoms with E-state index in [2.05, 4.69) is 46.4 Å². The minimum atomic E-state index is -0.259. The fraction of sp³-hybridized carbons (Fsp3) is 0.345. The number of pyridine rings is 1. The number of anilines is 2. The molecule has 2 amide bonds. The number of piperidine rings is 1. The molecule has 0 saturated carbocycles. The first-order chi connectivity index (χ1) is 19.7. The number of nitrogens with zero attached hydrogens (tertiary/aromatic N) is 5. The molecule has 3 N–H and O–H groups in total. The van der Waals surface area contributed by atoms with Crippen LogP contribution in [0.3, 0.4) is 0 Å². The van der Waals surface area contributed by atoms with E-state index in [1.54, 1.807) is 12.5 Å². The Morgan fingerprint density at radius 1 is 1.07 bits per heavy atom. The van der Waals surface area contributed by atoms with Crippen molar-refractivity contribution in [2.24, 2.45) is 0 Å². The molecule has 206 valence electrons. The van der Waals surface area contributed by atoms with Gasteiger partial charge in [-0.15, -0.1) is 0 Å². The van der Waals surface area contributed by atoms with E-state index in [9.17, 15) is 9.59 Å². The van der Waals surface area contributed by atoms with Crippen LogP contribution < -0.4 is 15.5 Å². The molecule has 0 bridgehead atoms. The van der Waals surface area contributed by atoms with Gasteiger partial charge >= 0.3 is 0 Å². The van der Waals surface area contributed by atoms with Crippen LogP contribution in [-0.4, -0.2) is 82.6 Å². The molecule has 1 atom stereocenters. The van der Waals surface area contributed by atoms with Crippen LogP contribution in [0.1, 0.15) is 28.9 Å². The maximum Gasteiger partial charge on any atom is 0.274 e. The number of aromatic nitrogens is 4. The van der Waals surface area contributed by atoms with Crippen LogP contribution in [0.15, 0.2) is 55.0 Å². The van der Waals surface area contributed by atoms with Gasteiger partial charge in [0.15, 0.2) is 0 Å². The second-order valence-corrected chi connectivity index (χ2v) is 10.2. The van der Waals surface area contributed by atoms with Gasteiger partial charge in [0.1, 0.15) is 23.5 Å². The molecule has 0 spiro atoms. The highest BCUT2D eigenvalue weighted by atomic mass is 16.5. The average Bonchev–Trinajstić information content (AvgIpc) is 3.43. The number of likely N-dealkylation sites (tertiary alicyclic amines) is 1. The number of benzene rings is 1. The summed E-state index contributed by atoms with van der Waals surface area (Å²) >= 11 is 0. The van der Waals surface area contributed by atoms with Crippen LogP contribution in [0.2, 0.25) is 0 Å². The molecule has 6 rings (SSSR count). The SMILES string of the molecule is O=CN[C@@H]1CCCN(Cc2ccnc(C(=O)Nc3ccc(-c4cc5c(N6CCOCC6)ncnc5[nH]4)cc3)c2)C1. The van der Waals surface area contributed by atoms with Crippen LogP contribution in [0.5, 0.6) is 0 Å². The van der Waals surface area contributed by atoms with Crippen LogP contribution in [0.4, 0.5) is 11.5 Å². The number of H-pyrrole nitrogens is 1. The summed E-state index contributed by atoms with van der Waals surface area (Å²) in [6, 6.07) is 13.7. The first-order valence-electron chi connectivity index (χ1n) is 13.6. The van der Waals surface area contributed by atoms with Gasteiger partial charge in [0.25, 0.3) is 5.91 Å². The number of aromatic amines is 1. The molecule has 40 heavy (non-hydrogen) atoms. The zero-order valence-electron chi connectivity index (χ0n) is 22.2. The van der Waals surface area contributed by atoms with Gasteiger partial charge in [-0.3, -0.25) is 19.5 Å². The number of amides is 2. The van der Waals surface area contributed by atoms with Crippen molar-refractivity contribution >= 4 is 34.9 Å². The molecule has 0 unspecified atom stereocenters. The van der Waals surface area contributed by atoms with E-state index in [1.165, 1.54) is 0 Å². The van der Waals surface area contributed by atoms with Crippen molar-refractivity contribution in [2.45, 2.75) is 25.4 Å². The van der Waals surface area contributed by atoms with E-state index >= 15 is 0 Å². The predicted octanol–water partition coefficient (Wildman–Crippen LogP) is 2.82. The molecule has 2 aliphatic rings. The fourth-order valence-electron chi connectivity index (χ4n) is 5.42. The van der Waals surface area contributed by atoms with Crippen molar-refractivity contribution < 1.29 is 14.3 Å². The molecule has 2 aliphatic heterocycles. The number of carbonyl (C=O) groups is 2. The number of nitrogens with one attached hydrogen (secondary N) is 3. The number of hydrogen-bond donors (Lipinski definition) is 3. The lowest BCUT2D eigenvalue weighted by Gasteiger charge is -2.32. The largest absolute Gasteiger partial charge is 0.378 e. The van der Waals surface area contributed by atoms with Gasteiger partial charge in [-0.25, -0.2) is 9.97 Å². The van der Waals surface area contributed by atoms with E-state index in [0.717, 1.165) is 79.1 Å². The Bertz CT molecular complexity index is 1480. The molecule has 0 radical (unpaired) electrons. The van der Waals surface area contributed by atoms with Gasteiger partial charge in [-0.1, -0.05) is 12.1 Å². The lowest BCUT2D eigenvalue weighted by Crippen LogP contribution is -2.44. The third-order valence-corrected chi connectivity index (χ3v) is 7.44. The number of fused-ring (bicyclic) bond motifs is 1. The summed E-state index contributed by atoms with van der Waals surface area (Å²) in [6.07, 6.45) is 6.04. The Balaban J connectivity index is 1.12. The molecule has 2 saturated heterocycles. The van der Waals surface area contributed by atoms with E-state index < -0.39 is 0 Å². The molecule has 4 aromatic rings. The van der Waals surface area contributed by atoms with Crippen LogP contribution in [-0.2, 0) is 16.1 Å². The third kappa shape index (κ3) is 5.80. The summed E-state index contributed by atoms with van der Waals surface area (Å²) in [7, 11) is 0. The maximum atomic E-state index is 13.0. The minimum absolute atomic E-state index is 0.169. The van der Waals surface area contributed by atoms with Gasteiger partial charge < -0.3 is 25.3 Å². The van der Waals surface area contributed by atoms with Gasteiger partial charge in [-0.05, 0) is 60.8 Å². The zero-order valence-corrected chi connectivity index (χ0v) is 22.2. The molecule has 0 aliphatic carbocycles. The highest BCUT2D eigenvalue weighted by molar-refractivity contribution is 6.03. The molecular formula is C29H32N8O3. The van der Waals surface area contributed by atoms with Crippen molar-refractivity contribution in [3.8, 4) is 11.3 Å². The summed E-state index contributed by atoms with van der Waals surface area (Å²) in [6.45, 7) is 5.45. The molecule has 11 nitrogen and oxygen atoms in total. The topological polar surface area (TPSA) is 128 Å². The maximum absolute atomic E-state index is 13.0. The monoisotopic (exact) mass is 540 g/mol. The van der Waals surface area contributed by atoms with Gasteiger partial charge in [0, 0.05) is 49.8 Å². The number of carbonyl (C=O) groups excluding carboxylic acids is 2. The molecule has 11 heteroatoms. The molecule has 1 aromatic carbocycles. The van der Waals surface area contributed by atoms with E-state index in [0.29, 0.717) is 31.1 Å². The lowest BCUT2D eigenvalue weighted by molar-refractivity contribution is -0.110. The van der Waals surface area contributed by atoms with Crippen molar-refractivity contribution in [3.05, 3.63) is 66.2 Å². The van der Waals surface area contributed by atoms with Crippen LogP contribution >= 0.6 is 0 Å². The lowest BCUT2D eigenvalue weighted by atomic mass is 10.1. The summed E-state index contributed by atoms with van der Waals surface area (Å²) in [5.41, 5.74) is 4.76. The Hall–Kier alpha value is -4.35. The number of hydrogen-bond acceptors (Lipinski definition) is 8. The van der Waals surface area contributed by atoms with Crippen molar-refractivity contribution in [1.29, 1.82) is 0 Å². The molecule has 3 aromatic heterocycles. The molecular weight excluding hydrogens is 508 g/mol. The standard InChI is InChI=1S/C29H32N8O3/c38-19-33-23-2-1-9-36(17-23)16-20-7-8-30-26(14-20)29(39)34-22-5-3-21(4-6-22)25-15-24-27(35-25)31-18-32-28(24)37-10-12-40-13-11-37/h3-8,14-15,18-19,23H,1-2,9-13,16-17H2,(H,33,38)(H,34,39)(H,31,32,35)/t23-/m1/s1. The van der Waals surface area contributed by atoms with Crippen LogP contribution in [0, 0.1) is 0 Å². The minimum Gasteiger partial charge on any atom is -0.378 e. The van der Waals surface area contributed by atoms with Gasteiger partial charge in [-0.2, -0.15) is 0 Å². The Kier molecular flexibility index (Phi) is 7.64. The van der Waals surface area contributed by atoms with Crippen molar-refractivity contribution in [2.75, 3.05) is 49.6 Å². The van der Waals surface area contributed by atoms with Crippen molar-refractivity contribution in [3.63, 3.8) is 0 Å². The normalized spacial score (nSPS) is 18.0. The highest BCUT2D eigenvalue weighted by Crippen LogP contribution is 2.29. The summed E-state index contributed by atoms with van der Waals surface area (Å²) in [5, 5.41) is 6.81. The summed E-state index contributed by atoms with van der Waals surface area (Å²) < 4.78 is 5.48. The van der Waals surface area contributed by atoms with Crippen LogP contribution in [0.25, 0.3) is 22.3 Å². The van der Waals surface area contributed by atoms with Gasteiger partial charge in [0.2, 0.25) is 6.41 Å². The van der Waals surface area contributed by atoms with E-state index in [1.807, 2.05) is 36.4 Å². The number of rotatable bonds is 8. The second-order valence-electron chi connectivity index (χ2n) is 10.2. The predicted molar refractivity (Wildman–Crippen MR) is 152 cm³/mol. The fourth-order valence-corrected chi connectivity index (χ4v) is 5.42. The van der Waals surface area contributed by atoms with E-state index in [4.69, 9.17) is 4.74 Å². The highest BCUT2D eigenvalue weighted by Gasteiger charge is 2.20. The van der Waals surface area contributed by atoms with Gasteiger partial charge in [0.05, 0.1) is 18.6 Å². The molecule has 5 heterocycles. The van der Waals surface area contributed by atoms with E-state index in [-0.39, 0.29) is 11.9 Å². The average molecular weight is 541 g/mol. The smallest absolute Gasteiger partial charge is 0.274 e. The number of ether oxygens (including phenoxy) is 1. The molecule has 2 fully saturated rings. The summed E-state index contributed by atoms with van der Waals surface area (Å²) in [5.74, 6) is 0.650. The first kappa shape index (κ1) is 25.9. The Morgan fingerprint density at radius 3 is 2.75 bits per heavy atom. The Labute approximate surface area is 232 Å². The second kappa shape index (κ2) is 11.8. The third-order valence-electron chi connectivity index (χ3n) is 7.44. The van der Waals surface area contributed by atoms with Crippen molar-refractivity contribution in [1.82, 2.24) is 30.2 Å². The first-order valence-corrected chi connectivity index (χ1v) is 13.6.